The Morgan fingerprint density at radius 1 is 1.26 bits per heavy atom. The van der Waals surface area contributed by atoms with E-state index in [1.54, 1.807) is 10.6 Å². The predicted molar refractivity (Wildman–Crippen MR) is 80.9 cm³/mol. The van der Waals surface area contributed by atoms with Gasteiger partial charge >= 0.3 is 0 Å². The van der Waals surface area contributed by atoms with Crippen LogP contribution in [0, 0.1) is 17.5 Å². The van der Waals surface area contributed by atoms with Crippen LogP contribution in [0.3, 0.4) is 0 Å². The fourth-order valence-electron chi connectivity index (χ4n) is 2.21. The second kappa shape index (κ2) is 4.58. The molecule has 0 aliphatic carbocycles. The van der Waals surface area contributed by atoms with Crippen LogP contribution >= 0.6 is 28.1 Å². The van der Waals surface area contributed by atoms with Gasteiger partial charge < -0.3 is 4.98 Å². The molecule has 0 spiro atoms. The molecule has 0 atom stereocenters. The average Bonchev–Trinajstić information content (AvgIpc) is 2.65. The summed E-state index contributed by atoms with van der Waals surface area (Å²) in [6, 6.07) is 10.8. The summed E-state index contributed by atoms with van der Waals surface area (Å²) in [4.78, 5) is 3.10. The van der Waals surface area contributed by atoms with Crippen molar-refractivity contribution < 1.29 is 4.39 Å². The highest BCUT2D eigenvalue weighted by Gasteiger charge is 2.12. The van der Waals surface area contributed by atoms with E-state index < -0.39 is 0 Å². The van der Waals surface area contributed by atoms with Gasteiger partial charge in [-0.25, -0.2) is 4.39 Å². The van der Waals surface area contributed by atoms with Crippen molar-refractivity contribution in [2.75, 3.05) is 0 Å². The van der Waals surface area contributed by atoms with Gasteiger partial charge in [-0.05, 0) is 49.0 Å². The number of aromatic amines is 1. The van der Waals surface area contributed by atoms with Crippen LogP contribution < -0.4 is 0 Å². The molecule has 0 fully saturated rings. The molecule has 0 amide bonds. The molecule has 3 aromatic rings. The van der Waals surface area contributed by atoms with Gasteiger partial charge in [-0.3, -0.25) is 4.57 Å². The standard InChI is InChI=1S/C14H10BrFN2S/c1-8-3-2-4-10(16)13(8)18-12-6-5-9(15)7-11(12)17-14(18)19/h2-7H,1H3,(H,17,19). The zero-order valence-corrected chi connectivity index (χ0v) is 12.5. The first-order valence-electron chi connectivity index (χ1n) is 5.73. The molecule has 0 saturated heterocycles. The topological polar surface area (TPSA) is 20.7 Å². The highest BCUT2D eigenvalue weighted by atomic mass is 79.9. The van der Waals surface area contributed by atoms with Gasteiger partial charge in [0, 0.05) is 4.47 Å². The number of aromatic nitrogens is 2. The smallest absolute Gasteiger partial charge is 0.182 e. The van der Waals surface area contributed by atoms with E-state index in [-0.39, 0.29) is 5.82 Å². The van der Waals surface area contributed by atoms with Crippen LogP contribution in [-0.2, 0) is 0 Å². The quantitative estimate of drug-likeness (QED) is 0.627. The van der Waals surface area contributed by atoms with Crippen molar-refractivity contribution in [3.8, 4) is 5.69 Å². The third kappa shape index (κ3) is 2.03. The number of fused-ring (bicyclic) bond motifs is 1. The van der Waals surface area contributed by atoms with Crippen molar-refractivity contribution in [2.24, 2.45) is 0 Å². The molecule has 0 bridgehead atoms. The summed E-state index contributed by atoms with van der Waals surface area (Å²) in [5.41, 5.74) is 3.09. The summed E-state index contributed by atoms with van der Waals surface area (Å²) in [5, 5.41) is 0. The molecule has 5 heteroatoms. The van der Waals surface area contributed by atoms with E-state index >= 15 is 0 Å². The lowest BCUT2D eigenvalue weighted by molar-refractivity contribution is 0.617. The van der Waals surface area contributed by atoms with Crippen molar-refractivity contribution in [1.29, 1.82) is 0 Å². The first-order valence-corrected chi connectivity index (χ1v) is 6.94. The van der Waals surface area contributed by atoms with E-state index in [2.05, 4.69) is 20.9 Å². The molecule has 3 rings (SSSR count). The van der Waals surface area contributed by atoms with Crippen molar-refractivity contribution in [3.63, 3.8) is 0 Å². The zero-order chi connectivity index (χ0) is 13.6. The van der Waals surface area contributed by atoms with Crippen LogP contribution in [0.4, 0.5) is 4.39 Å². The number of hydrogen-bond donors (Lipinski definition) is 1. The minimum Gasteiger partial charge on any atom is -0.330 e. The Kier molecular flexibility index (Phi) is 3.03. The van der Waals surface area contributed by atoms with Crippen molar-refractivity contribution in [1.82, 2.24) is 9.55 Å². The molecule has 1 heterocycles. The molecule has 1 aromatic heterocycles. The van der Waals surface area contributed by atoms with E-state index in [4.69, 9.17) is 12.2 Å². The number of rotatable bonds is 1. The van der Waals surface area contributed by atoms with Crippen LogP contribution in [0.1, 0.15) is 5.56 Å². The Balaban J connectivity index is 2.43. The first-order chi connectivity index (χ1) is 9.08. The molecule has 96 valence electrons. The number of benzene rings is 2. The summed E-state index contributed by atoms with van der Waals surface area (Å²) in [5.74, 6) is -0.278. The van der Waals surface area contributed by atoms with Gasteiger partial charge in [-0.2, -0.15) is 0 Å². The molecule has 0 radical (unpaired) electrons. The maximum absolute atomic E-state index is 14.1. The van der Waals surface area contributed by atoms with Gasteiger partial charge in [0.05, 0.1) is 16.7 Å². The zero-order valence-electron chi connectivity index (χ0n) is 10.1. The largest absolute Gasteiger partial charge is 0.330 e. The van der Waals surface area contributed by atoms with Gasteiger partial charge in [0.25, 0.3) is 0 Å². The Bertz CT molecular complexity index is 815. The summed E-state index contributed by atoms with van der Waals surface area (Å²) < 4.78 is 17.3. The summed E-state index contributed by atoms with van der Waals surface area (Å²) in [6.45, 7) is 1.87. The van der Waals surface area contributed by atoms with Crippen LogP contribution in [0.25, 0.3) is 16.7 Å². The Morgan fingerprint density at radius 3 is 2.79 bits per heavy atom. The van der Waals surface area contributed by atoms with Gasteiger partial charge in [-0.1, -0.05) is 28.1 Å². The second-order valence-corrected chi connectivity index (χ2v) is 5.63. The Labute approximate surface area is 123 Å². The number of nitrogens with zero attached hydrogens (tertiary/aromatic N) is 1. The fourth-order valence-corrected chi connectivity index (χ4v) is 2.87. The maximum atomic E-state index is 14.1. The molecule has 0 aliphatic rings. The van der Waals surface area contributed by atoms with Crippen LogP contribution in [0.2, 0.25) is 0 Å². The molecule has 0 aliphatic heterocycles. The summed E-state index contributed by atoms with van der Waals surface area (Å²) in [6.07, 6.45) is 0. The minimum atomic E-state index is -0.278. The molecule has 1 N–H and O–H groups in total. The monoisotopic (exact) mass is 336 g/mol. The SMILES string of the molecule is Cc1cccc(F)c1-n1c(=S)[nH]c2cc(Br)ccc21. The number of para-hydroxylation sites is 1. The number of halogens is 2. The minimum absolute atomic E-state index is 0.278. The van der Waals surface area contributed by atoms with Crippen molar-refractivity contribution in [2.45, 2.75) is 6.92 Å². The summed E-state index contributed by atoms with van der Waals surface area (Å²) >= 11 is 8.74. The molecule has 2 aromatic carbocycles. The fraction of sp³-hybridized carbons (Fsp3) is 0.0714. The molecular weight excluding hydrogens is 327 g/mol. The van der Waals surface area contributed by atoms with E-state index in [0.717, 1.165) is 21.1 Å². The highest BCUT2D eigenvalue weighted by molar-refractivity contribution is 9.10. The van der Waals surface area contributed by atoms with Crippen LogP contribution in [-0.4, -0.2) is 9.55 Å². The number of hydrogen-bond acceptors (Lipinski definition) is 1. The lowest BCUT2D eigenvalue weighted by Crippen LogP contribution is -2.00. The van der Waals surface area contributed by atoms with E-state index in [9.17, 15) is 4.39 Å². The van der Waals surface area contributed by atoms with E-state index in [1.165, 1.54) is 6.07 Å². The Morgan fingerprint density at radius 2 is 2.05 bits per heavy atom. The number of nitrogens with one attached hydrogen (secondary N) is 1. The maximum Gasteiger partial charge on any atom is 0.182 e. The lowest BCUT2D eigenvalue weighted by atomic mass is 10.2. The lowest BCUT2D eigenvalue weighted by Gasteiger charge is -2.09. The summed E-state index contributed by atoms with van der Waals surface area (Å²) in [7, 11) is 0. The van der Waals surface area contributed by atoms with E-state index in [0.29, 0.717) is 10.5 Å². The average molecular weight is 337 g/mol. The van der Waals surface area contributed by atoms with Crippen molar-refractivity contribution >= 4 is 39.2 Å². The molecule has 0 saturated carbocycles. The van der Waals surface area contributed by atoms with Gasteiger partial charge in [0.15, 0.2) is 4.77 Å². The number of H-pyrrole nitrogens is 1. The molecule has 19 heavy (non-hydrogen) atoms. The second-order valence-electron chi connectivity index (χ2n) is 4.33. The highest BCUT2D eigenvalue weighted by Crippen LogP contribution is 2.26. The van der Waals surface area contributed by atoms with Crippen LogP contribution in [0.15, 0.2) is 40.9 Å². The Hall–Kier alpha value is -1.46. The number of imidazole rings is 1. The normalized spacial score (nSPS) is 11.1. The number of aryl methyl sites for hydroxylation is 1. The van der Waals surface area contributed by atoms with Crippen molar-refractivity contribution in [3.05, 3.63) is 57.0 Å². The van der Waals surface area contributed by atoms with Crippen LogP contribution in [0.5, 0.6) is 0 Å². The predicted octanol–water partition coefficient (Wildman–Crippen LogP) is 4.90. The molecular formula is C14H10BrFN2S. The first kappa shape index (κ1) is 12.6. The van der Waals surface area contributed by atoms with E-state index in [1.807, 2.05) is 31.2 Å². The molecule has 2 nitrogen and oxygen atoms in total. The van der Waals surface area contributed by atoms with Gasteiger partial charge in [0.1, 0.15) is 5.82 Å². The third-order valence-electron chi connectivity index (χ3n) is 3.06. The molecule has 0 unspecified atom stereocenters. The third-order valence-corrected chi connectivity index (χ3v) is 3.83. The van der Waals surface area contributed by atoms with Gasteiger partial charge in [-0.15, -0.1) is 0 Å². The van der Waals surface area contributed by atoms with Gasteiger partial charge in [0.2, 0.25) is 0 Å².